The third kappa shape index (κ3) is 3.86. The van der Waals surface area contributed by atoms with Gasteiger partial charge >= 0.3 is 0 Å². The van der Waals surface area contributed by atoms with Crippen LogP contribution < -0.4 is 0 Å². The Bertz CT molecular complexity index is 1270. The molecule has 162 valence electrons. The summed E-state index contributed by atoms with van der Waals surface area (Å²) in [6, 6.07) is 7.66. The van der Waals surface area contributed by atoms with Gasteiger partial charge in [0.2, 0.25) is 0 Å². The van der Waals surface area contributed by atoms with Crippen LogP contribution in [0.2, 0.25) is 0 Å². The smallest absolute Gasteiger partial charge is 0.171 e. The summed E-state index contributed by atoms with van der Waals surface area (Å²) in [7, 11) is 0. The summed E-state index contributed by atoms with van der Waals surface area (Å²) in [5.74, 6) is 2.16. The first-order valence-electron chi connectivity index (χ1n) is 11.4. The maximum Gasteiger partial charge on any atom is 0.171 e. The van der Waals surface area contributed by atoms with Gasteiger partial charge in [-0.25, -0.2) is 24.1 Å². The fourth-order valence-corrected chi connectivity index (χ4v) is 4.68. The lowest BCUT2D eigenvalue weighted by Gasteiger charge is -2.11. The van der Waals surface area contributed by atoms with Gasteiger partial charge in [0.1, 0.15) is 12.4 Å². The summed E-state index contributed by atoms with van der Waals surface area (Å²) < 4.78 is 3.57. The molecule has 0 N–H and O–H groups in total. The van der Waals surface area contributed by atoms with Gasteiger partial charge in [-0.3, -0.25) is 0 Å². The Morgan fingerprint density at radius 2 is 2.03 bits per heavy atom. The summed E-state index contributed by atoms with van der Waals surface area (Å²) in [4.78, 5) is 14.1. The summed E-state index contributed by atoms with van der Waals surface area (Å²) in [5, 5.41) is 18.6. The van der Waals surface area contributed by atoms with Crippen LogP contribution in [0, 0.1) is 17.2 Å². The first-order valence-corrected chi connectivity index (χ1v) is 11.4. The third-order valence-corrected chi connectivity index (χ3v) is 6.24. The van der Waals surface area contributed by atoms with E-state index in [0.29, 0.717) is 23.7 Å². The number of nitrogens with zero attached hydrogens (tertiary/aromatic N) is 8. The molecule has 4 aromatic heterocycles. The lowest BCUT2D eigenvalue weighted by Crippen LogP contribution is -2.10. The van der Waals surface area contributed by atoms with E-state index in [1.807, 2.05) is 10.6 Å². The van der Waals surface area contributed by atoms with Gasteiger partial charge in [-0.1, -0.05) is 39.0 Å². The third-order valence-electron chi connectivity index (χ3n) is 6.24. The van der Waals surface area contributed by atoms with E-state index in [9.17, 15) is 5.26 Å². The largest absolute Gasteiger partial charge is 0.240 e. The first kappa shape index (κ1) is 20.3. The zero-order valence-electron chi connectivity index (χ0n) is 18.3. The van der Waals surface area contributed by atoms with Crippen molar-refractivity contribution in [2.24, 2.45) is 5.92 Å². The molecular weight excluding hydrogens is 400 g/mol. The molecule has 0 spiro atoms. The lowest BCUT2D eigenvalue weighted by atomic mass is 10.0. The quantitative estimate of drug-likeness (QED) is 0.445. The molecule has 1 fully saturated rings. The van der Waals surface area contributed by atoms with Crippen molar-refractivity contribution < 1.29 is 0 Å². The fourth-order valence-electron chi connectivity index (χ4n) is 4.68. The summed E-state index contributed by atoms with van der Waals surface area (Å²) in [5.41, 5.74) is 4.43. The highest BCUT2D eigenvalue weighted by molar-refractivity contribution is 5.50. The predicted molar refractivity (Wildman–Crippen MR) is 119 cm³/mol. The minimum Gasteiger partial charge on any atom is -0.240 e. The number of pyridine rings is 1. The molecule has 0 amide bonds. The average molecular weight is 427 g/mol. The highest BCUT2D eigenvalue weighted by Gasteiger charge is 2.20. The zero-order valence-corrected chi connectivity index (χ0v) is 18.3. The van der Waals surface area contributed by atoms with Crippen LogP contribution in [0.1, 0.15) is 67.4 Å². The number of nitriles is 1. The molecule has 4 aromatic rings. The Morgan fingerprint density at radius 1 is 1.16 bits per heavy atom. The Morgan fingerprint density at radius 3 is 2.84 bits per heavy atom. The molecular formula is C24H26N8. The van der Waals surface area contributed by atoms with Gasteiger partial charge < -0.3 is 0 Å². The molecule has 0 aromatic carbocycles. The Kier molecular flexibility index (Phi) is 5.63. The van der Waals surface area contributed by atoms with Crippen molar-refractivity contribution in [2.45, 2.75) is 58.3 Å². The molecule has 5 rings (SSSR count). The number of hydrogen-bond acceptors (Lipinski definition) is 6. The maximum atomic E-state index is 9.47. The molecule has 0 aliphatic heterocycles. The second-order valence-electron chi connectivity index (χ2n) is 8.47. The van der Waals surface area contributed by atoms with Crippen LogP contribution in [0.3, 0.4) is 0 Å². The molecule has 32 heavy (non-hydrogen) atoms. The topological polar surface area (TPSA) is 97.6 Å². The number of aryl methyl sites for hydroxylation is 1. The van der Waals surface area contributed by atoms with E-state index in [-0.39, 0.29) is 0 Å². The van der Waals surface area contributed by atoms with Crippen molar-refractivity contribution in [1.82, 2.24) is 34.3 Å². The second-order valence-corrected chi connectivity index (χ2v) is 8.47. The van der Waals surface area contributed by atoms with Crippen molar-refractivity contribution in [3.8, 4) is 11.9 Å². The molecule has 0 saturated heterocycles. The minimum absolute atomic E-state index is 0.489. The van der Waals surface area contributed by atoms with E-state index >= 15 is 0 Å². The van der Waals surface area contributed by atoms with Gasteiger partial charge in [0.25, 0.3) is 0 Å². The van der Waals surface area contributed by atoms with Crippen molar-refractivity contribution in [2.75, 3.05) is 0 Å². The standard InChI is InChI=1S/C24H26N8/c1-2-6-20-21(14-19-10-12-28-32(19)23-18(15-25)9-5-11-26-23)27-16-31-24(20)29-22(30-31)13-17-7-3-4-8-17/h5,9-12,16-17H,2-4,6-8,13-14H2,1H3. The molecule has 8 heteroatoms. The van der Waals surface area contributed by atoms with Gasteiger partial charge in [-0.15, -0.1) is 5.10 Å². The Balaban J connectivity index is 1.50. The molecule has 0 bridgehead atoms. The van der Waals surface area contributed by atoms with Crippen LogP contribution in [-0.2, 0) is 19.3 Å². The number of rotatable bonds is 7. The molecule has 8 nitrogen and oxygen atoms in total. The van der Waals surface area contributed by atoms with Gasteiger partial charge in [-0.05, 0) is 30.5 Å². The van der Waals surface area contributed by atoms with E-state index in [4.69, 9.17) is 15.1 Å². The van der Waals surface area contributed by atoms with Crippen LogP contribution >= 0.6 is 0 Å². The molecule has 1 aliphatic rings. The molecule has 1 aliphatic carbocycles. The van der Waals surface area contributed by atoms with Crippen LogP contribution in [-0.4, -0.2) is 34.3 Å². The Labute approximate surface area is 187 Å². The van der Waals surface area contributed by atoms with E-state index < -0.39 is 0 Å². The number of aromatic nitrogens is 7. The van der Waals surface area contributed by atoms with Crippen molar-refractivity contribution >= 4 is 5.65 Å². The van der Waals surface area contributed by atoms with Crippen LogP contribution in [0.4, 0.5) is 0 Å². The van der Waals surface area contributed by atoms with E-state index in [0.717, 1.165) is 47.7 Å². The predicted octanol–water partition coefficient (Wildman–Crippen LogP) is 3.85. The van der Waals surface area contributed by atoms with Gasteiger partial charge in [-0.2, -0.15) is 10.4 Å². The van der Waals surface area contributed by atoms with Crippen molar-refractivity contribution in [1.29, 1.82) is 5.26 Å². The van der Waals surface area contributed by atoms with Crippen LogP contribution in [0.25, 0.3) is 11.5 Å². The first-order chi connectivity index (χ1) is 15.8. The fraction of sp³-hybridized carbons (Fsp3) is 0.417. The van der Waals surface area contributed by atoms with Crippen molar-refractivity contribution in [3.63, 3.8) is 0 Å². The summed E-state index contributed by atoms with van der Waals surface area (Å²) >= 11 is 0. The number of fused-ring (bicyclic) bond motifs is 1. The number of hydrogen-bond donors (Lipinski definition) is 0. The molecule has 1 saturated carbocycles. The normalized spacial score (nSPS) is 14.2. The molecule has 4 heterocycles. The highest BCUT2D eigenvalue weighted by Crippen LogP contribution is 2.28. The van der Waals surface area contributed by atoms with E-state index in [1.165, 1.54) is 25.7 Å². The SMILES string of the molecule is CCCc1c(Cc2ccnn2-c2ncccc2C#N)ncn2nc(CC3CCCC3)nc12. The summed E-state index contributed by atoms with van der Waals surface area (Å²) in [6.07, 6.45) is 13.8. The van der Waals surface area contributed by atoms with Crippen LogP contribution in [0.15, 0.2) is 36.9 Å². The molecule has 0 radical (unpaired) electrons. The molecule has 0 atom stereocenters. The average Bonchev–Trinajstić information content (AvgIpc) is 3.57. The lowest BCUT2D eigenvalue weighted by molar-refractivity contribution is 0.530. The zero-order chi connectivity index (χ0) is 21.9. The maximum absolute atomic E-state index is 9.47. The van der Waals surface area contributed by atoms with E-state index in [1.54, 1.807) is 35.5 Å². The Hall–Kier alpha value is -3.60. The molecule has 0 unspecified atom stereocenters. The van der Waals surface area contributed by atoms with Gasteiger partial charge in [0, 0.05) is 30.8 Å². The van der Waals surface area contributed by atoms with Crippen LogP contribution in [0.5, 0.6) is 0 Å². The minimum atomic E-state index is 0.489. The van der Waals surface area contributed by atoms with Gasteiger partial charge in [0.05, 0.1) is 17.0 Å². The van der Waals surface area contributed by atoms with E-state index in [2.05, 4.69) is 23.1 Å². The van der Waals surface area contributed by atoms with Gasteiger partial charge in [0.15, 0.2) is 17.3 Å². The second kappa shape index (κ2) is 8.87. The monoisotopic (exact) mass is 426 g/mol. The highest BCUT2D eigenvalue weighted by atomic mass is 15.3. The van der Waals surface area contributed by atoms with Crippen molar-refractivity contribution in [3.05, 3.63) is 65.3 Å². The summed E-state index contributed by atoms with van der Waals surface area (Å²) in [6.45, 7) is 2.17.